The highest BCUT2D eigenvalue weighted by molar-refractivity contribution is 5.18. The van der Waals surface area contributed by atoms with Crippen molar-refractivity contribution in [3.05, 3.63) is 23.8 Å². The van der Waals surface area contributed by atoms with E-state index in [0.29, 0.717) is 0 Å². The van der Waals surface area contributed by atoms with Gasteiger partial charge in [-0.25, -0.2) is 0 Å². The van der Waals surface area contributed by atoms with Gasteiger partial charge in [-0.15, -0.1) is 0 Å². The minimum atomic E-state index is -0.00594. The van der Waals surface area contributed by atoms with Crippen LogP contribution < -0.4 is 0 Å². The quantitative estimate of drug-likeness (QED) is 0.470. The van der Waals surface area contributed by atoms with Crippen molar-refractivity contribution in [3.8, 4) is 0 Å². The Hall–Kier alpha value is -0.600. The molecule has 0 amide bonds. The maximum absolute atomic E-state index is 8.78. The van der Waals surface area contributed by atoms with Gasteiger partial charge in [0, 0.05) is 0 Å². The van der Waals surface area contributed by atoms with E-state index in [1.165, 1.54) is 12.8 Å². The van der Waals surface area contributed by atoms with Crippen molar-refractivity contribution in [2.45, 2.75) is 26.2 Å². The Morgan fingerprint density at radius 2 is 2.08 bits per heavy atom. The zero-order valence-corrected chi connectivity index (χ0v) is 7.66. The van der Waals surface area contributed by atoms with Crippen LogP contribution >= 0.6 is 0 Å². The number of allylic oxidation sites excluding steroid dienone is 1. The number of hydrogen-bond donors (Lipinski definition) is 2. The van der Waals surface area contributed by atoms with E-state index in [1.54, 1.807) is 6.08 Å². The molecule has 0 radical (unpaired) electrons. The molecule has 70 valence electrons. The lowest BCUT2D eigenvalue weighted by Crippen LogP contribution is -1.88. The molecule has 0 rings (SSSR count). The predicted octanol–water partition coefficient (Wildman–Crippen LogP) is 1.64. The maximum Gasteiger partial charge on any atom is 0.0679 e. The average molecular weight is 170 g/mol. The molecule has 0 aliphatic heterocycles. The van der Waals surface area contributed by atoms with Crippen molar-refractivity contribution < 1.29 is 10.2 Å². The van der Waals surface area contributed by atoms with E-state index in [4.69, 9.17) is 10.2 Å². The Bertz CT molecular complexity index is 148. The van der Waals surface area contributed by atoms with Gasteiger partial charge in [-0.05, 0) is 12.0 Å². The second-order valence-corrected chi connectivity index (χ2v) is 2.66. The third-order valence-corrected chi connectivity index (χ3v) is 1.59. The molecule has 0 bridgehead atoms. The van der Waals surface area contributed by atoms with Crippen LogP contribution in [0.4, 0.5) is 0 Å². The smallest absolute Gasteiger partial charge is 0.0679 e. The van der Waals surface area contributed by atoms with Gasteiger partial charge in [0.25, 0.3) is 0 Å². The minimum absolute atomic E-state index is 0.00316. The molecule has 0 heterocycles. The molecule has 0 aliphatic rings. The van der Waals surface area contributed by atoms with E-state index in [1.807, 2.05) is 12.2 Å². The fourth-order valence-electron chi connectivity index (χ4n) is 0.859. The summed E-state index contributed by atoms with van der Waals surface area (Å²) in [6.07, 6.45) is 8.91. The topological polar surface area (TPSA) is 40.5 Å². The number of aliphatic hydroxyl groups is 2. The Balaban J connectivity index is 3.69. The highest BCUT2D eigenvalue weighted by atomic mass is 16.3. The van der Waals surface area contributed by atoms with Crippen LogP contribution in [0.3, 0.4) is 0 Å². The molecule has 0 unspecified atom stereocenters. The molecule has 0 aliphatic carbocycles. The molecule has 0 saturated carbocycles. The molecule has 0 aromatic carbocycles. The summed E-state index contributed by atoms with van der Waals surface area (Å²) >= 11 is 0. The van der Waals surface area contributed by atoms with E-state index >= 15 is 0 Å². The maximum atomic E-state index is 8.78. The zero-order chi connectivity index (χ0) is 9.23. The molecule has 0 atom stereocenters. The first kappa shape index (κ1) is 11.4. The molecule has 2 nitrogen and oxygen atoms in total. The molecule has 0 spiro atoms. The van der Waals surface area contributed by atoms with Crippen LogP contribution in [0.5, 0.6) is 0 Å². The summed E-state index contributed by atoms with van der Waals surface area (Å²) in [6, 6.07) is 0. The molecule has 0 aromatic rings. The second-order valence-electron chi connectivity index (χ2n) is 2.66. The van der Waals surface area contributed by atoms with Gasteiger partial charge in [-0.2, -0.15) is 0 Å². The lowest BCUT2D eigenvalue weighted by Gasteiger charge is -1.94. The van der Waals surface area contributed by atoms with Crippen molar-refractivity contribution in [1.82, 2.24) is 0 Å². The van der Waals surface area contributed by atoms with E-state index in [-0.39, 0.29) is 13.2 Å². The van der Waals surface area contributed by atoms with Gasteiger partial charge in [0.05, 0.1) is 13.2 Å². The molecular formula is C10H18O2. The highest BCUT2D eigenvalue weighted by Gasteiger charge is 1.86. The Morgan fingerprint density at radius 3 is 2.58 bits per heavy atom. The van der Waals surface area contributed by atoms with E-state index in [9.17, 15) is 0 Å². The summed E-state index contributed by atoms with van der Waals surface area (Å²) in [7, 11) is 0. The molecule has 2 N–H and O–H groups in total. The monoisotopic (exact) mass is 170 g/mol. The molecule has 0 fully saturated rings. The standard InChI is InChI=1S/C10H18O2/c1-2-3-4-5-6-10(9-12)7-8-11/h5-7,11-12H,2-4,8-9H2,1H3/b6-5+,10-7-. The third kappa shape index (κ3) is 6.13. The number of unbranched alkanes of at least 4 members (excludes halogenated alkanes) is 2. The minimum Gasteiger partial charge on any atom is -0.392 e. The van der Waals surface area contributed by atoms with Crippen molar-refractivity contribution in [2.75, 3.05) is 13.2 Å². The Morgan fingerprint density at radius 1 is 1.33 bits per heavy atom. The number of hydrogen-bond acceptors (Lipinski definition) is 2. The number of aliphatic hydroxyl groups excluding tert-OH is 2. The van der Waals surface area contributed by atoms with Crippen LogP contribution in [0.15, 0.2) is 23.8 Å². The largest absolute Gasteiger partial charge is 0.392 e. The van der Waals surface area contributed by atoms with Crippen LogP contribution in [0.1, 0.15) is 26.2 Å². The summed E-state index contributed by atoms with van der Waals surface area (Å²) in [5.74, 6) is 0. The van der Waals surface area contributed by atoms with Gasteiger partial charge >= 0.3 is 0 Å². The summed E-state index contributed by atoms with van der Waals surface area (Å²) in [5, 5.41) is 17.3. The predicted molar refractivity (Wildman–Crippen MR) is 50.9 cm³/mol. The van der Waals surface area contributed by atoms with E-state index in [0.717, 1.165) is 12.0 Å². The summed E-state index contributed by atoms with van der Waals surface area (Å²) in [5.41, 5.74) is 0.786. The first-order valence-electron chi connectivity index (χ1n) is 4.42. The SMILES string of the molecule is CCCC/C=C/C(=C/CO)CO. The van der Waals surface area contributed by atoms with Crippen molar-refractivity contribution in [3.63, 3.8) is 0 Å². The first-order chi connectivity index (χ1) is 5.85. The molecule has 0 saturated heterocycles. The molecule has 12 heavy (non-hydrogen) atoms. The van der Waals surface area contributed by atoms with Crippen LogP contribution in [0.25, 0.3) is 0 Å². The molecule has 0 aromatic heterocycles. The van der Waals surface area contributed by atoms with Gasteiger partial charge in [0.15, 0.2) is 0 Å². The molecule has 2 heteroatoms. The van der Waals surface area contributed by atoms with Crippen molar-refractivity contribution in [2.24, 2.45) is 0 Å². The Kier molecular flexibility index (Phi) is 8.07. The highest BCUT2D eigenvalue weighted by Crippen LogP contribution is 1.99. The zero-order valence-electron chi connectivity index (χ0n) is 7.66. The lowest BCUT2D eigenvalue weighted by atomic mass is 10.2. The van der Waals surface area contributed by atoms with Crippen molar-refractivity contribution in [1.29, 1.82) is 0 Å². The van der Waals surface area contributed by atoms with Gasteiger partial charge in [0.1, 0.15) is 0 Å². The summed E-state index contributed by atoms with van der Waals surface area (Å²) < 4.78 is 0. The van der Waals surface area contributed by atoms with Crippen LogP contribution in [-0.4, -0.2) is 23.4 Å². The van der Waals surface area contributed by atoms with Gasteiger partial charge in [-0.1, -0.05) is 38.0 Å². The second kappa shape index (κ2) is 8.50. The van der Waals surface area contributed by atoms with Crippen LogP contribution in [0, 0.1) is 0 Å². The number of rotatable bonds is 6. The fraction of sp³-hybridized carbons (Fsp3) is 0.600. The third-order valence-electron chi connectivity index (χ3n) is 1.59. The van der Waals surface area contributed by atoms with Crippen LogP contribution in [-0.2, 0) is 0 Å². The lowest BCUT2D eigenvalue weighted by molar-refractivity contribution is 0.323. The fourth-order valence-corrected chi connectivity index (χ4v) is 0.859. The van der Waals surface area contributed by atoms with Gasteiger partial charge < -0.3 is 10.2 Å². The van der Waals surface area contributed by atoms with E-state index in [2.05, 4.69) is 6.92 Å². The van der Waals surface area contributed by atoms with Gasteiger partial charge in [0.2, 0.25) is 0 Å². The van der Waals surface area contributed by atoms with Crippen LogP contribution in [0.2, 0.25) is 0 Å². The van der Waals surface area contributed by atoms with E-state index < -0.39 is 0 Å². The summed E-state index contributed by atoms with van der Waals surface area (Å²) in [4.78, 5) is 0. The first-order valence-corrected chi connectivity index (χ1v) is 4.42. The summed E-state index contributed by atoms with van der Waals surface area (Å²) in [6.45, 7) is 2.14. The Labute approximate surface area is 74.2 Å². The normalized spacial score (nSPS) is 12.8. The van der Waals surface area contributed by atoms with Crippen molar-refractivity contribution >= 4 is 0 Å². The molecular weight excluding hydrogens is 152 g/mol. The average Bonchev–Trinajstić information content (AvgIpc) is 2.10. The van der Waals surface area contributed by atoms with Gasteiger partial charge in [-0.3, -0.25) is 0 Å².